The average Bonchev–Trinajstić information content (AvgIpc) is 2.84. The van der Waals surface area contributed by atoms with Gasteiger partial charge in [0.25, 0.3) is 0 Å². The highest BCUT2D eigenvalue weighted by Gasteiger charge is 2.45. The van der Waals surface area contributed by atoms with Crippen LogP contribution in [-0.2, 0) is 0 Å². The molecule has 88 valence electrons. The van der Waals surface area contributed by atoms with E-state index in [4.69, 9.17) is 16.3 Å². The van der Waals surface area contributed by atoms with E-state index in [2.05, 4.69) is 10.3 Å². The van der Waals surface area contributed by atoms with Gasteiger partial charge in [0.15, 0.2) is 0 Å². The molecule has 2 heterocycles. The standard InChI is InChI=1S/C11H13ClN2O.ClH/c12-8-3-10(5-13-4-8)15-6-9-1-7-2-11(7)14-9;/h3-5,7,9,11,14H,1-2,6H2;1H/t7-,9-,11+;/m0./s1. The van der Waals surface area contributed by atoms with Crippen LogP contribution in [0.1, 0.15) is 12.8 Å². The number of piperidine rings is 1. The summed E-state index contributed by atoms with van der Waals surface area (Å²) in [6.07, 6.45) is 5.91. The van der Waals surface area contributed by atoms with E-state index in [1.807, 2.05) is 0 Å². The van der Waals surface area contributed by atoms with Crippen molar-refractivity contribution >= 4 is 24.0 Å². The van der Waals surface area contributed by atoms with E-state index in [-0.39, 0.29) is 12.4 Å². The lowest BCUT2D eigenvalue weighted by Crippen LogP contribution is -2.31. The summed E-state index contributed by atoms with van der Waals surface area (Å²) < 4.78 is 5.63. The molecular formula is C11H14Cl2N2O. The molecule has 5 heteroatoms. The Morgan fingerprint density at radius 3 is 3.00 bits per heavy atom. The van der Waals surface area contributed by atoms with Crippen molar-refractivity contribution < 1.29 is 4.74 Å². The maximum atomic E-state index is 5.81. The Balaban J connectivity index is 0.000000963. The normalized spacial score (nSPS) is 30.4. The van der Waals surface area contributed by atoms with Crippen molar-refractivity contribution in [2.45, 2.75) is 24.9 Å². The molecule has 0 spiro atoms. The molecule has 0 radical (unpaired) electrons. The fraction of sp³-hybridized carbons (Fsp3) is 0.545. The minimum atomic E-state index is 0. The molecule has 0 unspecified atom stereocenters. The number of nitrogens with zero attached hydrogens (tertiary/aromatic N) is 1. The van der Waals surface area contributed by atoms with Crippen LogP contribution < -0.4 is 10.1 Å². The van der Waals surface area contributed by atoms with E-state index in [1.165, 1.54) is 12.8 Å². The molecule has 0 aromatic carbocycles. The summed E-state index contributed by atoms with van der Waals surface area (Å²) in [6, 6.07) is 3.08. The molecule has 1 N–H and O–H groups in total. The average molecular weight is 261 g/mol. The van der Waals surface area contributed by atoms with Gasteiger partial charge in [0, 0.05) is 24.3 Å². The molecule has 2 aliphatic rings. The van der Waals surface area contributed by atoms with Crippen molar-refractivity contribution in [1.82, 2.24) is 10.3 Å². The first kappa shape index (κ1) is 12.0. The topological polar surface area (TPSA) is 34.1 Å². The Bertz CT molecular complexity index is 365. The monoisotopic (exact) mass is 260 g/mol. The van der Waals surface area contributed by atoms with Crippen LogP contribution >= 0.6 is 24.0 Å². The first-order valence-electron chi connectivity index (χ1n) is 5.30. The molecule has 3 nitrogen and oxygen atoms in total. The minimum Gasteiger partial charge on any atom is -0.490 e. The molecule has 1 aliphatic carbocycles. The third kappa shape index (κ3) is 2.59. The number of ether oxygens (including phenoxy) is 1. The summed E-state index contributed by atoms with van der Waals surface area (Å²) in [7, 11) is 0. The van der Waals surface area contributed by atoms with Crippen molar-refractivity contribution in [3.05, 3.63) is 23.5 Å². The molecule has 1 saturated carbocycles. The van der Waals surface area contributed by atoms with Crippen LogP contribution in [0.2, 0.25) is 5.02 Å². The van der Waals surface area contributed by atoms with Gasteiger partial charge < -0.3 is 10.1 Å². The third-order valence-electron chi connectivity index (χ3n) is 3.09. The van der Waals surface area contributed by atoms with Crippen LogP contribution in [0.15, 0.2) is 18.5 Å². The molecule has 1 saturated heterocycles. The van der Waals surface area contributed by atoms with Crippen molar-refractivity contribution in [3.8, 4) is 5.75 Å². The van der Waals surface area contributed by atoms with E-state index in [1.54, 1.807) is 18.5 Å². The predicted octanol–water partition coefficient (Wildman–Crippen LogP) is 2.29. The van der Waals surface area contributed by atoms with Gasteiger partial charge >= 0.3 is 0 Å². The second-order valence-corrected chi connectivity index (χ2v) is 4.79. The smallest absolute Gasteiger partial charge is 0.139 e. The predicted molar refractivity (Wildman–Crippen MR) is 65.4 cm³/mol. The first-order chi connectivity index (χ1) is 7.31. The summed E-state index contributed by atoms with van der Waals surface area (Å²) >= 11 is 5.81. The quantitative estimate of drug-likeness (QED) is 0.906. The Hall–Kier alpha value is -0.510. The van der Waals surface area contributed by atoms with Gasteiger partial charge in [-0.15, -0.1) is 12.4 Å². The van der Waals surface area contributed by atoms with Crippen LogP contribution in [0.5, 0.6) is 5.75 Å². The highest BCUT2D eigenvalue weighted by Crippen LogP contribution is 2.40. The first-order valence-corrected chi connectivity index (χ1v) is 5.68. The number of pyridine rings is 1. The summed E-state index contributed by atoms with van der Waals surface area (Å²) in [5, 5.41) is 4.15. The zero-order valence-electron chi connectivity index (χ0n) is 8.73. The molecule has 16 heavy (non-hydrogen) atoms. The van der Waals surface area contributed by atoms with Crippen LogP contribution in [-0.4, -0.2) is 23.7 Å². The lowest BCUT2D eigenvalue weighted by atomic mass is 10.2. The molecule has 1 aliphatic heterocycles. The number of halogens is 2. The van der Waals surface area contributed by atoms with E-state index >= 15 is 0 Å². The summed E-state index contributed by atoms with van der Waals surface area (Å²) in [5.74, 6) is 1.67. The van der Waals surface area contributed by atoms with Crippen LogP contribution in [0, 0.1) is 5.92 Å². The summed E-state index contributed by atoms with van der Waals surface area (Å²) in [4.78, 5) is 3.98. The lowest BCUT2D eigenvalue weighted by molar-refractivity contribution is 0.267. The fourth-order valence-electron chi connectivity index (χ4n) is 2.23. The van der Waals surface area contributed by atoms with E-state index in [0.29, 0.717) is 11.1 Å². The van der Waals surface area contributed by atoms with E-state index in [9.17, 15) is 0 Å². The van der Waals surface area contributed by atoms with Gasteiger partial charge in [0.2, 0.25) is 0 Å². The van der Waals surface area contributed by atoms with E-state index < -0.39 is 0 Å². The van der Waals surface area contributed by atoms with Gasteiger partial charge in [0.1, 0.15) is 12.4 Å². The number of fused-ring (bicyclic) bond motifs is 1. The van der Waals surface area contributed by atoms with Gasteiger partial charge in [-0.3, -0.25) is 4.98 Å². The Labute approximate surface area is 106 Å². The van der Waals surface area contributed by atoms with Crippen molar-refractivity contribution in [3.63, 3.8) is 0 Å². The molecule has 2 fully saturated rings. The Morgan fingerprint density at radius 2 is 2.31 bits per heavy atom. The zero-order valence-corrected chi connectivity index (χ0v) is 10.3. The third-order valence-corrected chi connectivity index (χ3v) is 3.30. The Morgan fingerprint density at radius 1 is 1.44 bits per heavy atom. The molecule has 1 aromatic heterocycles. The summed E-state index contributed by atoms with van der Waals surface area (Å²) in [6.45, 7) is 0.717. The lowest BCUT2D eigenvalue weighted by Gasteiger charge is -2.14. The van der Waals surface area contributed by atoms with Crippen LogP contribution in [0.3, 0.4) is 0 Å². The molecule has 3 atom stereocenters. The SMILES string of the molecule is Cl.Clc1cncc(OC[C@@H]2C[C@H]3C[C@H]3N2)c1. The number of nitrogens with one attached hydrogen (secondary N) is 1. The molecule has 0 amide bonds. The number of hydrogen-bond acceptors (Lipinski definition) is 3. The van der Waals surface area contributed by atoms with E-state index in [0.717, 1.165) is 24.3 Å². The van der Waals surface area contributed by atoms with Crippen LogP contribution in [0.25, 0.3) is 0 Å². The number of rotatable bonds is 3. The minimum absolute atomic E-state index is 0. The molecule has 3 rings (SSSR count). The van der Waals surface area contributed by atoms with Crippen molar-refractivity contribution in [1.29, 1.82) is 0 Å². The number of aromatic nitrogens is 1. The molecular weight excluding hydrogens is 247 g/mol. The van der Waals surface area contributed by atoms with Crippen molar-refractivity contribution in [2.24, 2.45) is 5.92 Å². The largest absolute Gasteiger partial charge is 0.490 e. The van der Waals surface area contributed by atoms with Gasteiger partial charge in [-0.25, -0.2) is 0 Å². The van der Waals surface area contributed by atoms with Gasteiger partial charge in [-0.1, -0.05) is 11.6 Å². The maximum Gasteiger partial charge on any atom is 0.139 e. The molecule has 1 aromatic rings. The van der Waals surface area contributed by atoms with Crippen LogP contribution in [0.4, 0.5) is 0 Å². The maximum absolute atomic E-state index is 5.81. The van der Waals surface area contributed by atoms with Gasteiger partial charge in [-0.2, -0.15) is 0 Å². The highest BCUT2D eigenvalue weighted by molar-refractivity contribution is 6.30. The molecule has 0 bridgehead atoms. The zero-order chi connectivity index (χ0) is 10.3. The Kier molecular flexibility index (Phi) is 3.57. The number of hydrogen-bond donors (Lipinski definition) is 1. The fourth-order valence-corrected chi connectivity index (χ4v) is 2.40. The highest BCUT2D eigenvalue weighted by atomic mass is 35.5. The van der Waals surface area contributed by atoms with Crippen molar-refractivity contribution in [2.75, 3.05) is 6.61 Å². The second kappa shape index (κ2) is 4.78. The van der Waals surface area contributed by atoms with Gasteiger partial charge in [-0.05, 0) is 18.8 Å². The van der Waals surface area contributed by atoms with Gasteiger partial charge in [0.05, 0.1) is 11.2 Å². The second-order valence-electron chi connectivity index (χ2n) is 4.35. The summed E-state index contributed by atoms with van der Waals surface area (Å²) in [5.41, 5.74) is 0.